The molecule has 0 spiro atoms. The third-order valence-electron chi connectivity index (χ3n) is 17.1. The molecule has 1 saturated heterocycles. The number of fused-ring (bicyclic) bond motifs is 7. The number of rotatable bonds is 8. The van der Waals surface area contributed by atoms with E-state index in [1.807, 2.05) is 19.1 Å². The van der Waals surface area contributed by atoms with Crippen LogP contribution in [0.3, 0.4) is 0 Å². The molecule has 1 aromatic rings. The molecular formula is C43H65N3O5S. The highest BCUT2D eigenvalue weighted by Gasteiger charge is 2.73. The Labute approximate surface area is 313 Å². The van der Waals surface area contributed by atoms with E-state index in [0.29, 0.717) is 36.4 Å². The minimum Gasteiger partial charge on any atom is -0.465 e. The van der Waals surface area contributed by atoms with Crippen LogP contribution in [0.25, 0.3) is 5.57 Å². The first kappa shape index (κ1) is 38.2. The molecule has 5 fully saturated rings. The van der Waals surface area contributed by atoms with Crippen LogP contribution in [0.2, 0.25) is 0 Å². The van der Waals surface area contributed by atoms with Gasteiger partial charge >= 0.3 is 5.97 Å². The standard InChI is InChI=1S/C43H65N3O5S/c1-29(47)43(44-7)22-21-42(45-23-24-46-25-27-52(49,50)28-26-46)20-19-40(5)33(36(42)43)13-14-35-39(4)17-15-32(30-9-11-31(12-10-30)37(48)51-8)38(2,3)34(39)16-18-41(35,40)6/h9-12,15,29,33-36,45,47H,7,13-14,16-28H2,1-6,8H3. The fourth-order valence-electron chi connectivity index (χ4n) is 14.2. The van der Waals surface area contributed by atoms with Crippen molar-refractivity contribution in [2.45, 2.75) is 117 Å². The molecule has 0 bridgehead atoms. The highest BCUT2D eigenvalue weighted by molar-refractivity contribution is 7.91. The summed E-state index contributed by atoms with van der Waals surface area (Å²) in [6.07, 6.45) is 11.8. The third-order valence-corrected chi connectivity index (χ3v) is 18.7. The van der Waals surface area contributed by atoms with E-state index in [4.69, 9.17) is 9.73 Å². The molecule has 7 rings (SSSR count). The van der Waals surface area contributed by atoms with E-state index in [1.54, 1.807) is 0 Å². The van der Waals surface area contributed by atoms with Gasteiger partial charge < -0.3 is 20.1 Å². The van der Waals surface area contributed by atoms with Gasteiger partial charge in [0, 0.05) is 37.6 Å². The van der Waals surface area contributed by atoms with Gasteiger partial charge in [-0.05, 0) is 134 Å². The molecule has 8 nitrogen and oxygen atoms in total. The maximum absolute atomic E-state index is 12.2. The first-order valence-corrected chi connectivity index (χ1v) is 22.0. The zero-order valence-corrected chi connectivity index (χ0v) is 33.8. The summed E-state index contributed by atoms with van der Waals surface area (Å²) >= 11 is 0. The fourth-order valence-corrected chi connectivity index (χ4v) is 15.5. The summed E-state index contributed by atoms with van der Waals surface area (Å²) in [5.74, 6) is 1.97. The molecule has 5 aliphatic carbocycles. The molecule has 10 atom stereocenters. The van der Waals surface area contributed by atoms with Crippen molar-refractivity contribution in [1.82, 2.24) is 10.2 Å². The van der Waals surface area contributed by atoms with E-state index in [2.05, 4.69) is 69.8 Å². The number of aliphatic hydroxyl groups excluding tert-OH is 1. The van der Waals surface area contributed by atoms with Crippen molar-refractivity contribution in [2.24, 2.45) is 50.3 Å². The molecule has 1 aromatic carbocycles. The number of aliphatic imine (C=N–C) groups is 1. The number of carbonyl (C=O) groups excluding carboxylic acids is 1. The fraction of sp³-hybridized carbons (Fsp3) is 0.767. The van der Waals surface area contributed by atoms with E-state index in [1.165, 1.54) is 43.9 Å². The summed E-state index contributed by atoms with van der Waals surface area (Å²) in [5, 5.41) is 15.7. The molecule has 2 N–H and O–H groups in total. The normalized spacial score (nSPS) is 42.8. The number of nitrogens with one attached hydrogen (secondary N) is 1. The molecular weight excluding hydrogens is 671 g/mol. The van der Waals surface area contributed by atoms with Crippen LogP contribution in [0.4, 0.5) is 0 Å². The van der Waals surface area contributed by atoms with E-state index in [0.717, 1.165) is 45.2 Å². The summed E-state index contributed by atoms with van der Waals surface area (Å²) in [6, 6.07) is 8.01. The monoisotopic (exact) mass is 735 g/mol. The van der Waals surface area contributed by atoms with E-state index < -0.39 is 21.5 Å². The highest BCUT2D eigenvalue weighted by Crippen LogP contribution is 2.77. The van der Waals surface area contributed by atoms with Gasteiger partial charge in [-0.25, -0.2) is 13.2 Å². The van der Waals surface area contributed by atoms with Crippen LogP contribution in [0.1, 0.15) is 115 Å². The molecule has 1 heterocycles. The lowest BCUT2D eigenvalue weighted by molar-refractivity contribution is -0.224. The van der Waals surface area contributed by atoms with Crippen molar-refractivity contribution >= 4 is 28.1 Å². The molecule has 9 heteroatoms. The zero-order valence-electron chi connectivity index (χ0n) is 33.0. The number of hydrogen-bond donors (Lipinski definition) is 2. The van der Waals surface area contributed by atoms with Crippen molar-refractivity contribution in [3.05, 3.63) is 41.5 Å². The van der Waals surface area contributed by atoms with Crippen LogP contribution in [0.15, 0.2) is 35.3 Å². The second-order valence-electron chi connectivity index (χ2n) is 19.2. The lowest BCUT2D eigenvalue weighted by atomic mass is 9.32. The van der Waals surface area contributed by atoms with Gasteiger partial charge in [-0.1, -0.05) is 52.8 Å². The molecule has 0 aromatic heterocycles. The van der Waals surface area contributed by atoms with Gasteiger partial charge in [0.2, 0.25) is 0 Å². The van der Waals surface area contributed by atoms with E-state index in [9.17, 15) is 18.3 Å². The Balaban J connectivity index is 1.17. The van der Waals surface area contributed by atoms with E-state index in [-0.39, 0.29) is 50.6 Å². The smallest absolute Gasteiger partial charge is 0.337 e. The number of esters is 1. The lowest BCUT2D eigenvalue weighted by Crippen LogP contribution is -2.70. The molecule has 0 amide bonds. The molecule has 6 aliphatic rings. The molecule has 1 aliphatic heterocycles. The number of methoxy groups -OCH3 is 1. The maximum atomic E-state index is 12.2. The summed E-state index contributed by atoms with van der Waals surface area (Å²) in [5.41, 5.74) is 2.93. The molecule has 52 heavy (non-hydrogen) atoms. The predicted octanol–water partition coefficient (Wildman–Crippen LogP) is 6.82. The highest BCUT2D eigenvalue weighted by atomic mass is 32.2. The summed E-state index contributed by atoms with van der Waals surface area (Å²) in [7, 11) is -1.48. The lowest BCUT2D eigenvalue weighted by Gasteiger charge is -2.73. The van der Waals surface area contributed by atoms with Crippen molar-refractivity contribution in [3.63, 3.8) is 0 Å². The molecule has 288 valence electrons. The Hall–Kier alpha value is -2.07. The number of aliphatic hydroxyl groups is 1. The average Bonchev–Trinajstić information content (AvgIpc) is 3.45. The number of sulfone groups is 1. The van der Waals surface area contributed by atoms with E-state index >= 15 is 0 Å². The van der Waals surface area contributed by atoms with Crippen LogP contribution in [0.5, 0.6) is 0 Å². The topological polar surface area (TPSA) is 108 Å². The largest absolute Gasteiger partial charge is 0.465 e. The van der Waals surface area contributed by atoms with Gasteiger partial charge in [-0.2, -0.15) is 0 Å². The quantitative estimate of drug-likeness (QED) is 0.223. The predicted molar refractivity (Wildman–Crippen MR) is 209 cm³/mol. The molecule has 0 radical (unpaired) electrons. The third kappa shape index (κ3) is 5.55. The second-order valence-corrected chi connectivity index (χ2v) is 21.5. The Morgan fingerprint density at radius 3 is 2.29 bits per heavy atom. The van der Waals surface area contributed by atoms with Crippen LogP contribution in [0, 0.1) is 45.3 Å². The summed E-state index contributed by atoms with van der Waals surface area (Å²) in [4.78, 5) is 19.4. The van der Waals surface area contributed by atoms with Gasteiger partial charge in [0.25, 0.3) is 0 Å². The van der Waals surface area contributed by atoms with Crippen molar-refractivity contribution in [2.75, 3.05) is 44.8 Å². The van der Waals surface area contributed by atoms with Gasteiger partial charge in [0.15, 0.2) is 9.84 Å². The molecule has 10 unspecified atom stereocenters. The van der Waals surface area contributed by atoms with Gasteiger partial charge in [-0.3, -0.25) is 4.99 Å². The van der Waals surface area contributed by atoms with Gasteiger partial charge in [0.1, 0.15) is 0 Å². The van der Waals surface area contributed by atoms with Gasteiger partial charge in [0.05, 0.1) is 35.8 Å². The average molecular weight is 736 g/mol. The number of ether oxygens (including phenoxy) is 1. The Bertz CT molecular complexity index is 1690. The minimum absolute atomic E-state index is 0.0112. The number of nitrogens with zero attached hydrogens (tertiary/aromatic N) is 2. The number of hydrogen-bond acceptors (Lipinski definition) is 8. The van der Waals surface area contributed by atoms with Crippen LogP contribution >= 0.6 is 0 Å². The zero-order chi connectivity index (χ0) is 37.5. The minimum atomic E-state index is -2.91. The summed E-state index contributed by atoms with van der Waals surface area (Å²) in [6.45, 7) is 21.8. The van der Waals surface area contributed by atoms with Gasteiger partial charge in [-0.15, -0.1) is 0 Å². The van der Waals surface area contributed by atoms with Crippen molar-refractivity contribution in [3.8, 4) is 0 Å². The summed E-state index contributed by atoms with van der Waals surface area (Å²) < 4.78 is 29.1. The van der Waals surface area contributed by atoms with Crippen LogP contribution in [-0.2, 0) is 14.6 Å². The van der Waals surface area contributed by atoms with Crippen molar-refractivity contribution in [1.29, 1.82) is 0 Å². The Kier molecular flexibility index (Phi) is 9.57. The maximum Gasteiger partial charge on any atom is 0.337 e. The first-order valence-electron chi connectivity index (χ1n) is 20.2. The number of benzene rings is 1. The molecule has 4 saturated carbocycles. The van der Waals surface area contributed by atoms with Crippen LogP contribution in [-0.4, -0.2) is 93.1 Å². The van der Waals surface area contributed by atoms with Crippen molar-refractivity contribution < 1.29 is 23.1 Å². The number of allylic oxidation sites excluding steroid dienone is 2. The first-order chi connectivity index (χ1) is 24.4. The SMILES string of the molecule is C=NC1(C(C)O)CCC2(NCCN3CCS(=O)(=O)CC3)CCC3(C)C(CCC4C5(C)CC=C(c6ccc(C(=O)OC)cc6)C(C)(C)C5CCC43C)C21. The second kappa shape index (κ2) is 13.0. The van der Waals surface area contributed by atoms with Crippen LogP contribution < -0.4 is 5.32 Å². The Morgan fingerprint density at radius 2 is 1.65 bits per heavy atom. The Morgan fingerprint density at radius 1 is 0.981 bits per heavy atom. The number of carbonyl (C=O) groups is 1.